The lowest BCUT2D eigenvalue weighted by molar-refractivity contribution is -0.340. The fourth-order valence-corrected chi connectivity index (χ4v) is 16.0. The minimum absolute atomic E-state index is 0.109. The van der Waals surface area contributed by atoms with Crippen LogP contribution in [0.4, 0.5) is 0 Å². The average molecular weight is 891 g/mol. The van der Waals surface area contributed by atoms with Crippen LogP contribution >= 0.6 is 0 Å². The van der Waals surface area contributed by atoms with E-state index in [0.717, 1.165) is 16.7 Å². The molecule has 13 heteroatoms. The lowest BCUT2D eigenvalue weighted by Gasteiger charge is -2.50. The maximum atomic E-state index is 7.25. The third-order valence-electron chi connectivity index (χ3n) is 13.5. The van der Waals surface area contributed by atoms with Gasteiger partial charge in [-0.3, -0.25) is 0 Å². The molecule has 5 heterocycles. The molecular formula is C50H70O12Si. The lowest BCUT2D eigenvalue weighted by atomic mass is 9.95. The summed E-state index contributed by atoms with van der Waals surface area (Å²) in [6.45, 7) is 23.2. The lowest BCUT2D eigenvalue weighted by Crippen LogP contribution is -2.63. The molecule has 0 radical (unpaired) electrons. The van der Waals surface area contributed by atoms with Gasteiger partial charge in [0.2, 0.25) is 8.32 Å². The Bertz CT molecular complexity index is 1860. The van der Waals surface area contributed by atoms with Crippen molar-refractivity contribution in [3.8, 4) is 0 Å². The first-order valence-electron chi connectivity index (χ1n) is 23.1. The molecule has 5 fully saturated rings. The molecule has 0 saturated carbocycles. The minimum atomic E-state index is -2.37. The van der Waals surface area contributed by atoms with Gasteiger partial charge in [-0.2, -0.15) is 0 Å². The molecule has 0 amide bonds. The van der Waals surface area contributed by atoms with Gasteiger partial charge in [0.25, 0.3) is 0 Å². The number of ether oxygens (including phenoxy) is 11. The van der Waals surface area contributed by atoms with E-state index in [9.17, 15) is 0 Å². The molecule has 0 N–H and O–H groups in total. The monoisotopic (exact) mass is 890 g/mol. The van der Waals surface area contributed by atoms with Crippen LogP contribution in [0, 0.1) is 5.92 Å². The smallest absolute Gasteiger partial charge is 0.203 e. The maximum absolute atomic E-state index is 7.25. The Kier molecular flexibility index (Phi) is 14.7. The summed E-state index contributed by atoms with van der Waals surface area (Å²) in [5.74, 6) is -0.999. The van der Waals surface area contributed by atoms with Crippen LogP contribution in [-0.4, -0.2) is 101 Å². The summed E-state index contributed by atoms with van der Waals surface area (Å²) >= 11 is 0. The molecule has 5 aliphatic heterocycles. The highest BCUT2D eigenvalue weighted by Gasteiger charge is 2.62. The highest BCUT2D eigenvalue weighted by atomic mass is 28.4. The molecule has 13 atom stereocenters. The fraction of sp³-hybridized carbons (Fsp3) is 0.640. The SMILES string of the molecule is CC1O[C@@H](O[Si](C(C)C)(C(C)C)C(C)C)[C@H]2OC(C)(C)OC2[C@H]1O[C@@H]1OC[C@@H](C)[C@@H](O[C@@H]2OC[C@]3(COCc4ccccc4)O[C@@H](c4ccccc4)OC23)C1OCc1ccccc1. The topological polar surface area (TPSA) is 111 Å². The second kappa shape index (κ2) is 19.7. The van der Waals surface area contributed by atoms with E-state index in [2.05, 4.69) is 48.5 Å². The number of fused-ring (bicyclic) bond motifs is 2. The molecular weight excluding hydrogens is 821 g/mol. The van der Waals surface area contributed by atoms with Crippen LogP contribution in [0.3, 0.4) is 0 Å². The summed E-state index contributed by atoms with van der Waals surface area (Å²) in [5, 5.41) is 0. The van der Waals surface area contributed by atoms with Gasteiger partial charge in [0.15, 0.2) is 30.9 Å². The second-order valence-corrected chi connectivity index (χ2v) is 24.9. The highest BCUT2D eigenvalue weighted by molar-refractivity contribution is 6.77. The summed E-state index contributed by atoms with van der Waals surface area (Å²) < 4.78 is 81.4. The molecule has 3 aromatic carbocycles. The zero-order valence-corrected chi connectivity index (χ0v) is 39.8. The zero-order valence-electron chi connectivity index (χ0n) is 38.8. The minimum Gasteiger partial charge on any atom is -0.389 e. The standard InChI is InChI=1S/C50H70O12Si/c1-31(2)63(32(3)4,33(5)6)62-47-43-41(59-49(9,10)60-43)40(35(8)55-47)57-46-42(52-28-37-22-16-12-17-23-37)39(34(7)26-53-46)56-48-44-50(30-54-48,29-51-27-36-20-14-11-15-21-36)61-45(58-44)38-24-18-13-19-25-38/h11-25,31-35,39-48H,26-30H2,1-10H3/t34-,35?,39-,40+,41?,42?,43+,44?,45+,46+,47+,48+,50+/m1/s1. The number of hydrogen-bond donors (Lipinski definition) is 0. The Balaban J connectivity index is 1.05. The van der Waals surface area contributed by atoms with Crippen molar-refractivity contribution in [3.63, 3.8) is 0 Å². The molecule has 63 heavy (non-hydrogen) atoms. The van der Waals surface area contributed by atoms with E-state index in [1.54, 1.807) is 0 Å². The van der Waals surface area contributed by atoms with Crippen LogP contribution in [0.15, 0.2) is 91.0 Å². The first-order chi connectivity index (χ1) is 30.2. The summed E-state index contributed by atoms with van der Waals surface area (Å²) in [6.07, 6.45) is -6.76. The van der Waals surface area contributed by atoms with Gasteiger partial charge >= 0.3 is 0 Å². The molecule has 0 bridgehead atoms. The zero-order chi connectivity index (χ0) is 44.5. The van der Waals surface area contributed by atoms with E-state index in [0.29, 0.717) is 36.4 Å². The normalized spacial score (nSPS) is 35.4. The van der Waals surface area contributed by atoms with Gasteiger partial charge in [0, 0.05) is 11.5 Å². The Morgan fingerprint density at radius 1 is 0.635 bits per heavy atom. The number of rotatable bonds is 17. The van der Waals surface area contributed by atoms with Crippen LogP contribution in [0.25, 0.3) is 0 Å². The van der Waals surface area contributed by atoms with Crippen LogP contribution in [0.1, 0.15) is 92.2 Å². The Labute approximate surface area is 375 Å². The Hall–Kier alpha value is -2.60. The van der Waals surface area contributed by atoms with E-state index >= 15 is 0 Å². The third-order valence-corrected chi connectivity index (χ3v) is 19.6. The Morgan fingerprint density at radius 2 is 1.22 bits per heavy atom. The van der Waals surface area contributed by atoms with E-state index < -0.39 is 87.6 Å². The molecule has 3 aromatic rings. The van der Waals surface area contributed by atoms with Crippen molar-refractivity contribution < 1.29 is 56.5 Å². The quantitative estimate of drug-likeness (QED) is 0.121. The summed E-state index contributed by atoms with van der Waals surface area (Å²) in [6, 6.07) is 30.1. The summed E-state index contributed by atoms with van der Waals surface area (Å²) in [4.78, 5) is 0. The second-order valence-electron chi connectivity index (χ2n) is 19.5. The molecule has 0 aliphatic carbocycles. The molecule has 5 aliphatic rings. The first kappa shape index (κ1) is 46.9. The van der Waals surface area contributed by atoms with Gasteiger partial charge in [-0.25, -0.2) is 0 Å². The van der Waals surface area contributed by atoms with Crippen LogP contribution in [0.5, 0.6) is 0 Å². The van der Waals surface area contributed by atoms with E-state index in [1.165, 1.54) is 0 Å². The van der Waals surface area contributed by atoms with Crippen molar-refractivity contribution >= 4 is 8.32 Å². The van der Waals surface area contributed by atoms with E-state index in [4.69, 9.17) is 56.5 Å². The largest absolute Gasteiger partial charge is 0.389 e. The predicted octanol–water partition coefficient (Wildman–Crippen LogP) is 9.22. The predicted molar refractivity (Wildman–Crippen MR) is 238 cm³/mol. The Morgan fingerprint density at radius 3 is 1.86 bits per heavy atom. The van der Waals surface area contributed by atoms with Crippen molar-refractivity contribution in [1.82, 2.24) is 0 Å². The van der Waals surface area contributed by atoms with Crippen LogP contribution < -0.4 is 0 Å². The number of hydrogen-bond acceptors (Lipinski definition) is 12. The van der Waals surface area contributed by atoms with E-state index in [-0.39, 0.29) is 19.1 Å². The van der Waals surface area contributed by atoms with Crippen molar-refractivity contribution in [2.45, 2.75) is 178 Å². The molecule has 346 valence electrons. The van der Waals surface area contributed by atoms with Gasteiger partial charge in [-0.05, 0) is 48.5 Å². The maximum Gasteiger partial charge on any atom is 0.203 e. The molecule has 4 unspecified atom stereocenters. The molecule has 5 saturated heterocycles. The van der Waals surface area contributed by atoms with Crippen molar-refractivity contribution in [2.24, 2.45) is 5.92 Å². The van der Waals surface area contributed by atoms with Crippen LogP contribution in [-0.2, 0) is 69.7 Å². The fourth-order valence-electron chi connectivity index (χ4n) is 10.5. The van der Waals surface area contributed by atoms with Gasteiger partial charge in [-0.1, -0.05) is 139 Å². The summed E-state index contributed by atoms with van der Waals surface area (Å²) in [5.41, 5.74) is 3.15. The van der Waals surface area contributed by atoms with Gasteiger partial charge < -0.3 is 56.5 Å². The highest BCUT2D eigenvalue weighted by Crippen LogP contribution is 2.49. The van der Waals surface area contributed by atoms with Crippen molar-refractivity contribution in [3.05, 3.63) is 108 Å². The van der Waals surface area contributed by atoms with Gasteiger partial charge in [-0.15, -0.1) is 0 Å². The molecule has 0 aromatic heterocycles. The van der Waals surface area contributed by atoms with Crippen LogP contribution in [0.2, 0.25) is 16.6 Å². The molecule has 0 spiro atoms. The first-order valence-corrected chi connectivity index (χ1v) is 25.2. The third kappa shape index (κ3) is 9.93. The molecule has 8 rings (SSSR count). The van der Waals surface area contributed by atoms with Gasteiger partial charge in [0.05, 0.1) is 45.2 Å². The van der Waals surface area contributed by atoms with Crippen molar-refractivity contribution in [1.29, 1.82) is 0 Å². The van der Waals surface area contributed by atoms with Crippen molar-refractivity contribution in [2.75, 3.05) is 19.8 Å². The van der Waals surface area contributed by atoms with E-state index in [1.807, 2.05) is 112 Å². The molecule has 12 nitrogen and oxygen atoms in total. The van der Waals surface area contributed by atoms with Gasteiger partial charge in [0.1, 0.15) is 36.1 Å². The average Bonchev–Trinajstić information content (AvgIpc) is 3.91. The number of benzene rings is 3. The summed E-state index contributed by atoms with van der Waals surface area (Å²) in [7, 11) is -2.37.